The first-order valence-corrected chi connectivity index (χ1v) is 6.34. The molecule has 2 aromatic carbocycles. The summed E-state index contributed by atoms with van der Waals surface area (Å²) in [6.45, 7) is 0. The molecule has 21 heavy (non-hydrogen) atoms. The zero-order chi connectivity index (χ0) is 15.6. The van der Waals surface area contributed by atoms with Crippen LogP contribution in [0.25, 0.3) is 0 Å². The second kappa shape index (κ2) is 5.85. The summed E-state index contributed by atoms with van der Waals surface area (Å²) in [4.78, 5) is 24.0. The Morgan fingerprint density at radius 1 is 0.952 bits per heavy atom. The third kappa shape index (κ3) is 3.14. The fourth-order valence-corrected chi connectivity index (χ4v) is 2.14. The van der Waals surface area contributed by atoms with Gasteiger partial charge < -0.3 is 15.3 Å². The number of phenols is 3. The zero-order valence-electron chi connectivity index (χ0n) is 10.7. The molecule has 0 fully saturated rings. The number of rotatable bonds is 4. The SMILES string of the molecule is O=C(CC(=O)c1c(O)cc(O)cc1O)c1ccccc1Cl. The maximum Gasteiger partial charge on any atom is 0.178 e. The molecule has 0 spiro atoms. The van der Waals surface area contributed by atoms with E-state index in [-0.39, 0.29) is 16.3 Å². The number of hydrogen-bond acceptors (Lipinski definition) is 5. The molecule has 2 rings (SSSR count). The van der Waals surface area contributed by atoms with Crippen LogP contribution in [0.1, 0.15) is 27.1 Å². The zero-order valence-corrected chi connectivity index (χ0v) is 11.5. The minimum atomic E-state index is -0.769. The van der Waals surface area contributed by atoms with E-state index in [0.717, 1.165) is 12.1 Å². The molecule has 6 heteroatoms. The van der Waals surface area contributed by atoms with Gasteiger partial charge in [0, 0.05) is 17.7 Å². The van der Waals surface area contributed by atoms with Crippen molar-refractivity contribution in [2.75, 3.05) is 0 Å². The van der Waals surface area contributed by atoms with E-state index in [1.165, 1.54) is 12.1 Å². The lowest BCUT2D eigenvalue weighted by molar-refractivity contribution is 0.0892. The van der Waals surface area contributed by atoms with Crippen LogP contribution in [-0.4, -0.2) is 26.9 Å². The summed E-state index contributed by atoms with van der Waals surface area (Å²) in [7, 11) is 0. The molecule has 108 valence electrons. The van der Waals surface area contributed by atoms with Gasteiger partial charge in [0.25, 0.3) is 0 Å². The number of Topliss-reactive ketones (excluding diaryl/α,β-unsaturated/α-hetero) is 2. The molecule has 0 atom stereocenters. The third-order valence-electron chi connectivity index (χ3n) is 2.86. The second-order valence-corrected chi connectivity index (χ2v) is 4.77. The Hall–Kier alpha value is -2.53. The molecule has 0 amide bonds. The molecule has 0 radical (unpaired) electrons. The number of carbonyl (C=O) groups is 2. The van der Waals surface area contributed by atoms with Gasteiger partial charge in [0.2, 0.25) is 0 Å². The van der Waals surface area contributed by atoms with Crippen molar-refractivity contribution in [3.63, 3.8) is 0 Å². The van der Waals surface area contributed by atoms with E-state index in [1.54, 1.807) is 12.1 Å². The largest absolute Gasteiger partial charge is 0.508 e. The average Bonchev–Trinajstić information content (AvgIpc) is 2.37. The highest BCUT2D eigenvalue weighted by Crippen LogP contribution is 2.33. The van der Waals surface area contributed by atoms with Crippen molar-refractivity contribution in [1.29, 1.82) is 0 Å². The van der Waals surface area contributed by atoms with Crippen LogP contribution in [0.4, 0.5) is 0 Å². The summed E-state index contributed by atoms with van der Waals surface area (Å²) in [6, 6.07) is 8.08. The molecule has 2 aromatic rings. The lowest BCUT2D eigenvalue weighted by atomic mass is 10.00. The molecule has 0 aliphatic rings. The molecule has 0 heterocycles. The van der Waals surface area contributed by atoms with E-state index in [0.29, 0.717) is 0 Å². The number of carbonyl (C=O) groups excluding carboxylic acids is 2. The Balaban J connectivity index is 2.27. The molecule has 0 saturated carbocycles. The molecule has 0 saturated heterocycles. The molecule has 5 nitrogen and oxygen atoms in total. The minimum absolute atomic E-state index is 0.185. The first-order chi connectivity index (χ1) is 9.90. The Bertz CT molecular complexity index is 701. The lowest BCUT2D eigenvalue weighted by Gasteiger charge is -2.07. The summed E-state index contributed by atoms with van der Waals surface area (Å²) in [5.41, 5.74) is -0.224. The summed E-state index contributed by atoms with van der Waals surface area (Å²) >= 11 is 5.87. The summed E-state index contributed by atoms with van der Waals surface area (Å²) in [5, 5.41) is 28.6. The highest BCUT2D eigenvalue weighted by atomic mass is 35.5. The summed E-state index contributed by atoms with van der Waals surface area (Å²) in [6.07, 6.45) is -0.560. The van der Waals surface area contributed by atoms with Crippen LogP contribution >= 0.6 is 11.6 Å². The van der Waals surface area contributed by atoms with E-state index in [9.17, 15) is 24.9 Å². The van der Waals surface area contributed by atoms with E-state index < -0.39 is 35.0 Å². The van der Waals surface area contributed by atoms with Crippen LogP contribution < -0.4 is 0 Å². The normalized spacial score (nSPS) is 10.3. The molecular formula is C15H11ClO5. The van der Waals surface area contributed by atoms with Crippen molar-refractivity contribution in [1.82, 2.24) is 0 Å². The molecule has 0 aliphatic heterocycles. The molecule has 0 unspecified atom stereocenters. The topological polar surface area (TPSA) is 94.8 Å². The number of aromatic hydroxyl groups is 3. The molecular weight excluding hydrogens is 296 g/mol. The fourth-order valence-electron chi connectivity index (χ4n) is 1.90. The van der Waals surface area contributed by atoms with Gasteiger partial charge in [-0.25, -0.2) is 0 Å². The van der Waals surface area contributed by atoms with Crippen molar-refractivity contribution < 1.29 is 24.9 Å². The van der Waals surface area contributed by atoms with Crippen molar-refractivity contribution in [2.45, 2.75) is 6.42 Å². The summed E-state index contributed by atoms with van der Waals surface area (Å²) in [5.74, 6) is -2.87. The lowest BCUT2D eigenvalue weighted by Crippen LogP contribution is -2.09. The van der Waals surface area contributed by atoms with Crippen LogP contribution in [0.2, 0.25) is 5.02 Å². The van der Waals surface area contributed by atoms with Crippen molar-refractivity contribution in [2.24, 2.45) is 0 Å². The predicted molar refractivity (Wildman–Crippen MR) is 76.2 cm³/mol. The molecule has 0 aliphatic carbocycles. The maximum atomic E-state index is 12.0. The number of ketones is 2. The quantitative estimate of drug-likeness (QED) is 0.596. The Morgan fingerprint density at radius 2 is 1.52 bits per heavy atom. The van der Waals surface area contributed by atoms with Gasteiger partial charge in [0.15, 0.2) is 11.6 Å². The number of benzene rings is 2. The smallest absolute Gasteiger partial charge is 0.178 e. The minimum Gasteiger partial charge on any atom is -0.508 e. The number of phenolic OH excluding ortho intramolecular Hbond substituents is 3. The third-order valence-corrected chi connectivity index (χ3v) is 3.19. The van der Waals surface area contributed by atoms with E-state index in [4.69, 9.17) is 11.6 Å². The Kier molecular flexibility index (Phi) is 4.14. The highest BCUT2D eigenvalue weighted by Gasteiger charge is 2.22. The van der Waals surface area contributed by atoms with Crippen LogP contribution in [0, 0.1) is 0 Å². The standard InChI is InChI=1S/C15H11ClO5/c16-10-4-2-1-3-9(10)11(18)7-14(21)15-12(19)5-8(17)6-13(15)20/h1-6,17,19-20H,7H2. The first kappa shape index (κ1) is 14.9. The van der Waals surface area contributed by atoms with Crippen LogP contribution in [0.15, 0.2) is 36.4 Å². The molecule has 0 aromatic heterocycles. The highest BCUT2D eigenvalue weighted by molar-refractivity contribution is 6.34. The van der Waals surface area contributed by atoms with Gasteiger partial charge in [0.1, 0.15) is 22.8 Å². The number of halogens is 1. The first-order valence-electron chi connectivity index (χ1n) is 5.96. The van der Waals surface area contributed by atoms with Crippen molar-refractivity contribution >= 4 is 23.2 Å². The number of hydrogen-bond donors (Lipinski definition) is 3. The van der Waals surface area contributed by atoms with Gasteiger partial charge in [-0.3, -0.25) is 9.59 Å². The summed E-state index contributed by atoms with van der Waals surface area (Å²) < 4.78 is 0. The van der Waals surface area contributed by atoms with Crippen LogP contribution in [-0.2, 0) is 0 Å². The average molecular weight is 307 g/mol. The van der Waals surface area contributed by atoms with E-state index in [2.05, 4.69) is 0 Å². The van der Waals surface area contributed by atoms with Crippen molar-refractivity contribution in [3.05, 3.63) is 52.5 Å². The van der Waals surface area contributed by atoms with Crippen LogP contribution in [0.5, 0.6) is 17.2 Å². The molecule has 3 N–H and O–H groups in total. The van der Waals surface area contributed by atoms with E-state index in [1.807, 2.05) is 0 Å². The van der Waals surface area contributed by atoms with Crippen LogP contribution in [0.3, 0.4) is 0 Å². The predicted octanol–water partition coefficient (Wildman–Crippen LogP) is 2.91. The second-order valence-electron chi connectivity index (χ2n) is 4.36. The van der Waals surface area contributed by atoms with Crippen molar-refractivity contribution in [3.8, 4) is 17.2 Å². The van der Waals surface area contributed by atoms with Gasteiger partial charge in [0.05, 0.1) is 11.4 Å². The van der Waals surface area contributed by atoms with E-state index >= 15 is 0 Å². The Morgan fingerprint density at radius 3 is 2.10 bits per heavy atom. The van der Waals surface area contributed by atoms with Gasteiger partial charge in [-0.2, -0.15) is 0 Å². The van der Waals surface area contributed by atoms with Gasteiger partial charge >= 0.3 is 0 Å². The van der Waals surface area contributed by atoms with Gasteiger partial charge in [-0.15, -0.1) is 0 Å². The fraction of sp³-hybridized carbons (Fsp3) is 0.0667. The Labute approximate surface area is 125 Å². The van der Waals surface area contributed by atoms with Gasteiger partial charge in [-0.05, 0) is 12.1 Å². The van der Waals surface area contributed by atoms with Gasteiger partial charge in [-0.1, -0.05) is 23.7 Å². The monoisotopic (exact) mass is 306 g/mol. The molecule has 0 bridgehead atoms. The maximum absolute atomic E-state index is 12.0.